The van der Waals surface area contributed by atoms with Gasteiger partial charge in [-0.05, 0) is 37.0 Å². The van der Waals surface area contributed by atoms with Gasteiger partial charge >= 0.3 is 0 Å². The summed E-state index contributed by atoms with van der Waals surface area (Å²) in [6.07, 6.45) is 4.27. The Bertz CT molecular complexity index is 472. The number of likely N-dealkylation sites (tertiary alicyclic amines) is 1. The summed E-state index contributed by atoms with van der Waals surface area (Å²) in [5.74, 6) is 0.118. The van der Waals surface area contributed by atoms with Crippen molar-refractivity contribution in [2.75, 3.05) is 13.2 Å². The molecule has 1 heterocycles. The van der Waals surface area contributed by atoms with Crippen LogP contribution in [0.4, 0.5) is 0 Å². The van der Waals surface area contributed by atoms with Gasteiger partial charge in [-0.15, -0.1) is 6.58 Å². The molecule has 1 aliphatic rings. The molecule has 1 aliphatic heterocycles. The molecule has 2 atom stereocenters. The van der Waals surface area contributed by atoms with Crippen LogP contribution in [0, 0.1) is 5.92 Å². The Morgan fingerprint density at radius 3 is 2.65 bits per heavy atom. The first kappa shape index (κ1) is 15.1. The van der Waals surface area contributed by atoms with Gasteiger partial charge in [0.25, 0.3) is 0 Å². The zero-order chi connectivity index (χ0) is 14.5. The number of amides is 1. The van der Waals surface area contributed by atoms with Gasteiger partial charge in [0, 0.05) is 17.5 Å². The standard InChI is InChI=1S/C16H20ClNO2/c1-2-3-13-6-9-15(18(10-11-19)16(13)20)12-4-7-14(17)8-5-12/h2,4-5,7-8,13,15,19H,1,3,6,9-11H2. The van der Waals surface area contributed by atoms with Crippen LogP contribution in [0.5, 0.6) is 0 Å². The molecule has 1 fully saturated rings. The van der Waals surface area contributed by atoms with E-state index in [1.807, 2.05) is 24.3 Å². The number of hydrogen-bond donors (Lipinski definition) is 1. The summed E-state index contributed by atoms with van der Waals surface area (Å²) in [5.41, 5.74) is 1.08. The van der Waals surface area contributed by atoms with Gasteiger partial charge in [0.05, 0.1) is 12.6 Å². The van der Waals surface area contributed by atoms with Crippen molar-refractivity contribution in [2.24, 2.45) is 5.92 Å². The predicted octanol–water partition coefficient (Wildman–Crippen LogP) is 3.19. The highest BCUT2D eigenvalue weighted by Crippen LogP contribution is 2.35. The minimum absolute atomic E-state index is 0.00241. The van der Waals surface area contributed by atoms with Crippen LogP contribution in [0.1, 0.15) is 30.9 Å². The molecule has 4 heteroatoms. The minimum Gasteiger partial charge on any atom is -0.395 e. The van der Waals surface area contributed by atoms with Crippen LogP contribution in [0.3, 0.4) is 0 Å². The summed E-state index contributed by atoms with van der Waals surface area (Å²) in [5, 5.41) is 9.92. The Kier molecular flexibility index (Phi) is 5.21. The fraction of sp³-hybridized carbons (Fsp3) is 0.438. The fourth-order valence-corrected chi connectivity index (χ4v) is 2.98. The van der Waals surface area contributed by atoms with E-state index >= 15 is 0 Å². The highest BCUT2D eigenvalue weighted by Gasteiger charge is 2.34. The van der Waals surface area contributed by atoms with Crippen molar-refractivity contribution in [3.8, 4) is 0 Å². The van der Waals surface area contributed by atoms with Gasteiger partial charge in [0.1, 0.15) is 0 Å². The zero-order valence-corrected chi connectivity index (χ0v) is 12.2. The van der Waals surface area contributed by atoms with Crippen LogP contribution in [0.25, 0.3) is 0 Å². The summed E-state index contributed by atoms with van der Waals surface area (Å²) in [6, 6.07) is 7.63. The normalized spacial score (nSPS) is 22.9. The van der Waals surface area contributed by atoms with E-state index in [4.69, 9.17) is 11.6 Å². The number of allylic oxidation sites excluding steroid dienone is 1. The van der Waals surface area contributed by atoms with Gasteiger partial charge in [-0.25, -0.2) is 0 Å². The number of β-amino-alcohol motifs (C(OH)–C–C–N with tert-alkyl or cyclic N) is 1. The van der Waals surface area contributed by atoms with E-state index in [2.05, 4.69) is 6.58 Å². The van der Waals surface area contributed by atoms with Gasteiger partial charge in [0.2, 0.25) is 5.91 Å². The van der Waals surface area contributed by atoms with E-state index in [0.717, 1.165) is 18.4 Å². The molecule has 0 saturated carbocycles. The molecule has 1 N–H and O–H groups in total. The molecule has 0 radical (unpaired) electrons. The monoisotopic (exact) mass is 293 g/mol. The summed E-state index contributed by atoms with van der Waals surface area (Å²) >= 11 is 5.91. The summed E-state index contributed by atoms with van der Waals surface area (Å²) in [7, 11) is 0. The van der Waals surface area contributed by atoms with Crippen LogP contribution in [0.2, 0.25) is 5.02 Å². The smallest absolute Gasteiger partial charge is 0.226 e. The number of aliphatic hydroxyl groups is 1. The SMILES string of the molecule is C=CCC1CCC(c2ccc(Cl)cc2)N(CCO)C1=O. The van der Waals surface area contributed by atoms with E-state index in [1.54, 1.807) is 11.0 Å². The predicted molar refractivity (Wildman–Crippen MR) is 80.5 cm³/mol. The maximum absolute atomic E-state index is 12.5. The largest absolute Gasteiger partial charge is 0.395 e. The molecule has 3 nitrogen and oxygen atoms in total. The number of benzene rings is 1. The lowest BCUT2D eigenvalue weighted by molar-refractivity contribution is -0.142. The molecule has 108 valence electrons. The third kappa shape index (κ3) is 3.22. The van der Waals surface area contributed by atoms with Gasteiger partial charge in [-0.1, -0.05) is 29.8 Å². The van der Waals surface area contributed by atoms with Crippen molar-refractivity contribution in [3.63, 3.8) is 0 Å². The fourth-order valence-electron chi connectivity index (χ4n) is 2.85. The molecule has 0 aliphatic carbocycles. The number of carbonyl (C=O) groups is 1. The van der Waals surface area contributed by atoms with Gasteiger partial charge in [-0.3, -0.25) is 4.79 Å². The van der Waals surface area contributed by atoms with E-state index in [0.29, 0.717) is 18.0 Å². The lowest BCUT2D eigenvalue weighted by Crippen LogP contribution is -2.44. The Morgan fingerprint density at radius 1 is 1.35 bits per heavy atom. The molecular weight excluding hydrogens is 274 g/mol. The summed E-state index contributed by atoms with van der Waals surface area (Å²) in [6.45, 7) is 4.07. The molecule has 1 saturated heterocycles. The van der Waals surface area contributed by atoms with Crippen molar-refractivity contribution < 1.29 is 9.90 Å². The highest BCUT2D eigenvalue weighted by molar-refractivity contribution is 6.30. The molecule has 2 unspecified atom stereocenters. The van der Waals surface area contributed by atoms with Crippen LogP contribution in [-0.2, 0) is 4.79 Å². The number of aliphatic hydroxyl groups excluding tert-OH is 1. The lowest BCUT2D eigenvalue weighted by Gasteiger charge is -2.39. The molecule has 0 spiro atoms. The maximum atomic E-state index is 12.5. The number of carbonyl (C=O) groups excluding carboxylic acids is 1. The molecule has 1 amide bonds. The van der Waals surface area contributed by atoms with E-state index < -0.39 is 0 Å². The first-order valence-corrected chi connectivity index (χ1v) is 7.33. The van der Waals surface area contributed by atoms with Gasteiger partial charge < -0.3 is 10.0 Å². The van der Waals surface area contributed by atoms with Crippen LogP contribution in [-0.4, -0.2) is 29.1 Å². The molecule has 20 heavy (non-hydrogen) atoms. The van der Waals surface area contributed by atoms with E-state index in [1.165, 1.54) is 0 Å². The number of halogens is 1. The van der Waals surface area contributed by atoms with Crippen LogP contribution >= 0.6 is 11.6 Å². The highest BCUT2D eigenvalue weighted by atomic mass is 35.5. The van der Waals surface area contributed by atoms with Crippen molar-refractivity contribution in [1.29, 1.82) is 0 Å². The van der Waals surface area contributed by atoms with E-state index in [9.17, 15) is 9.90 Å². The Balaban J connectivity index is 2.21. The molecule has 1 aromatic rings. The average Bonchev–Trinajstić information content (AvgIpc) is 2.45. The quantitative estimate of drug-likeness (QED) is 0.847. The molecule has 0 bridgehead atoms. The molecule has 0 aromatic heterocycles. The number of nitrogens with zero attached hydrogens (tertiary/aromatic N) is 1. The van der Waals surface area contributed by atoms with Crippen LogP contribution in [0.15, 0.2) is 36.9 Å². The molecule has 2 rings (SSSR count). The van der Waals surface area contributed by atoms with E-state index in [-0.39, 0.29) is 24.5 Å². The third-order valence-electron chi connectivity index (χ3n) is 3.84. The number of rotatable bonds is 5. The molecular formula is C16H20ClNO2. The van der Waals surface area contributed by atoms with Crippen molar-refractivity contribution in [3.05, 3.63) is 47.5 Å². The zero-order valence-electron chi connectivity index (χ0n) is 11.5. The number of hydrogen-bond acceptors (Lipinski definition) is 2. The third-order valence-corrected chi connectivity index (χ3v) is 4.10. The van der Waals surface area contributed by atoms with Crippen molar-refractivity contribution >= 4 is 17.5 Å². The number of piperidine rings is 1. The topological polar surface area (TPSA) is 40.5 Å². The minimum atomic E-state index is -0.0172. The summed E-state index contributed by atoms with van der Waals surface area (Å²) in [4.78, 5) is 14.3. The summed E-state index contributed by atoms with van der Waals surface area (Å²) < 4.78 is 0. The Labute approximate surface area is 124 Å². The maximum Gasteiger partial charge on any atom is 0.226 e. The lowest BCUT2D eigenvalue weighted by atomic mass is 9.86. The first-order chi connectivity index (χ1) is 9.67. The van der Waals surface area contributed by atoms with Gasteiger partial charge in [0.15, 0.2) is 0 Å². The van der Waals surface area contributed by atoms with Gasteiger partial charge in [-0.2, -0.15) is 0 Å². The second-order valence-corrected chi connectivity index (χ2v) is 5.56. The Hall–Kier alpha value is -1.32. The second-order valence-electron chi connectivity index (χ2n) is 5.12. The average molecular weight is 294 g/mol. The van der Waals surface area contributed by atoms with Crippen LogP contribution < -0.4 is 0 Å². The van der Waals surface area contributed by atoms with Crippen molar-refractivity contribution in [1.82, 2.24) is 4.90 Å². The Morgan fingerprint density at radius 2 is 2.05 bits per heavy atom. The first-order valence-electron chi connectivity index (χ1n) is 6.95. The van der Waals surface area contributed by atoms with Crippen molar-refractivity contribution in [2.45, 2.75) is 25.3 Å². The second kappa shape index (κ2) is 6.91. The molecule has 1 aromatic carbocycles.